The van der Waals surface area contributed by atoms with Crippen LogP contribution in [0.1, 0.15) is 6.92 Å². The maximum atomic E-state index is 11.5. The van der Waals surface area contributed by atoms with Crippen molar-refractivity contribution in [2.75, 3.05) is 12.1 Å². The van der Waals surface area contributed by atoms with Crippen LogP contribution in [-0.4, -0.2) is 33.0 Å². The van der Waals surface area contributed by atoms with Crippen molar-refractivity contribution in [3.05, 3.63) is 28.8 Å². The lowest BCUT2D eigenvalue weighted by molar-refractivity contribution is -0.116. The Morgan fingerprint density at radius 1 is 1.45 bits per heavy atom. The maximum absolute atomic E-state index is 11.5. The van der Waals surface area contributed by atoms with E-state index in [1.165, 1.54) is 20.2 Å². The van der Waals surface area contributed by atoms with E-state index in [9.17, 15) is 9.59 Å². The molecule has 0 aliphatic heterocycles. The third kappa shape index (κ3) is 2.62. The van der Waals surface area contributed by atoms with Crippen LogP contribution in [-0.2, 0) is 4.79 Å². The Morgan fingerprint density at radius 3 is 2.85 bits per heavy atom. The highest BCUT2D eigenvalue weighted by atomic mass is 16.5. The Labute approximate surface area is 113 Å². The molecule has 2 heterocycles. The Balaban J connectivity index is 2.58. The standard InChI is InChI=1S/C11H12N6O3/c1-6(18)17(12)10-14-9(15-11(19)16-10)8-7(20-2)4-3-5-13-8/h3-5H,12H2,1-2H3,(H,14,15,16,19). The number of nitrogens with two attached hydrogens (primary N) is 1. The number of carbonyl (C=O) groups is 1. The molecule has 0 aliphatic rings. The van der Waals surface area contributed by atoms with E-state index in [0.717, 1.165) is 0 Å². The monoisotopic (exact) mass is 276 g/mol. The van der Waals surface area contributed by atoms with Crippen molar-refractivity contribution in [2.45, 2.75) is 6.92 Å². The Hall–Kier alpha value is -2.81. The second-order valence-electron chi connectivity index (χ2n) is 3.75. The van der Waals surface area contributed by atoms with Crippen molar-refractivity contribution in [1.82, 2.24) is 19.9 Å². The largest absolute Gasteiger partial charge is 0.494 e. The zero-order valence-corrected chi connectivity index (χ0v) is 10.8. The van der Waals surface area contributed by atoms with Crippen molar-refractivity contribution in [3.63, 3.8) is 0 Å². The van der Waals surface area contributed by atoms with Crippen LogP contribution in [0.2, 0.25) is 0 Å². The van der Waals surface area contributed by atoms with Crippen LogP contribution in [0.4, 0.5) is 5.95 Å². The fraction of sp³-hybridized carbons (Fsp3) is 0.182. The topological polar surface area (TPSA) is 127 Å². The van der Waals surface area contributed by atoms with Crippen LogP contribution in [0.5, 0.6) is 5.75 Å². The lowest BCUT2D eigenvalue weighted by Crippen LogP contribution is -2.38. The zero-order chi connectivity index (χ0) is 14.7. The second-order valence-corrected chi connectivity index (χ2v) is 3.75. The number of H-pyrrole nitrogens is 1. The molecule has 3 N–H and O–H groups in total. The number of hydrogen-bond donors (Lipinski definition) is 2. The van der Waals surface area contributed by atoms with Gasteiger partial charge >= 0.3 is 5.69 Å². The van der Waals surface area contributed by atoms with E-state index in [1.54, 1.807) is 12.1 Å². The average Bonchev–Trinajstić information content (AvgIpc) is 2.45. The molecule has 1 amide bonds. The lowest BCUT2D eigenvalue weighted by Gasteiger charge is -2.12. The van der Waals surface area contributed by atoms with Crippen molar-refractivity contribution < 1.29 is 9.53 Å². The third-order valence-corrected chi connectivity index (χ3v) is 2.41. The number of pyridine rings is 1. The Kier molecular flexibility index (Phi) is 3.71. The van der Waals surface area contributed by atoms with E-state index in [4.69, 9.17) is 10.6 Å². The number of nitrogens with one attached hydrogen (secondary N) is 1. The molecule has 104 valence electrons. The first kappa shape index (κ1) is 13.6. The number of anilines is 1. The van der Waals surface area contributed by atoms with Gasteiger partial charge in [-0.15, -0.1) is 0 Å². The number of methoxy groups -OCH3 is 1. The van der Waals surface area contributed by atoms with Crippen LogP contribution in [0.3, 0.4) is 0 Å². The predicted octanol–water partition coefficient (Wildman–Crippen LogP) is -0.538. The average molecular weight is 276 g/mol. The molecule has 0 radical (unpaired) electrons. The third-order valence-electron chi connectivity index (χ3n) is 2.41. The second kappa shape index (κ2) is 5.45. The molecule has 9 nitrogen and oxygen atoms in total. The van der Waals surface area contributed by atoms with Gasteiger partial charge in [0.25, 0.3) is 5.95 Å². The summed E-state index contributed by atoms with van der Waals surface area (Å²) in [6, 6.07) is 3.33. The summed E-state index contributed by atoms with van der Waals surface area (Å²) in [5.41, 5.74) is -0.387. The molecule has 9 heteroatoms. The first-order valence-corrected chi connectivity index (χ1v) is 5.56. The van der Waals surface area contributed by atoms with E-state index in [-0.39, 0.29) is 11.8 Å². The van der Waals surface area contributed by atoms with Gasteiger partial charge in [-0.1, -0.05) is 0 Å². The fourth-order valence-corrected chi connectivity index (χ4v) is 1.47. The summed E-state index contributed by atoms with van der Waals surface area (Å²) < 4.78 is 5.13. The number of amides is 1. The minimum atomic E-state index is -0.700. The molecule has 0 aromatic carbocycles. The fourth-order valence-electron chi connectivity index (χ4n) is 1.47. The zero-order valence-electron chi connectivity index (χ0n) is 10.8. The molecule has 0 spiro atoms. The predicted molar refractivity (Wildman–Crippen MR) is 69.8 cm³/mol. The summed E-state index contributed by atoms with van der Waals surface area (Å²) in [6.07, 6.45) is 1.52. The summed E-state index contributed by atoms with van der Waals surface area (Å²) >= 11 is 0. The van der Waals surface area contributed by atoms with E-state index in [0.29, 0.717) is 16.5 Å². The number of rotatable bonds is 3. The SMILES string of the molecule is COc1cccnc1-c1nc(N(N)C(C)=O)nc(=O)[nH]1. The van der Waals surface area contributed by atoms with Crippen molar-refractivity contribution in [1.29, 1.82) is 0 Å². The van der Waals surface area contributed by atoms with Gasteiger partial charge in [0.05, 0.1) is 7.11 Å². The molecule has 20 heavy (non-hydrogen) atoms. The van der Waals surface area contributed by atoms with Gasteiger partial charge in [-0.25, -0.2) is 20.6 Å². The summed E-state index contributed by atoms with van der Waals surface area (Å²) in [7, 11) is 1.46. The van der Waals surface area contributed by atoms with Crippen LogP contribution < -0.4 is 21.3 Å². The van der Waals surface area contributed by atoms with Crippen molar-refractivity contribution in [3.8, 4) is 17.3 Å². The molecule has 0 saturated heterocycles. The molecule has 0 aliphatic carbocycles. The number of ether oxygens (including phenoxy) is 1. The van der Waals surface area contributed by atoms with Crippen molar-refractivity contribution >= 4 is 11.9 Å². The summed E-state index contributed by atoms with van der Waals surface area (Å²) in [4.78, 5) is 36.8. The van der Waals surface area contributed by atoms with Gasteiger partial charge in [0.2, 0.25) is 5.91 Å². The molecule has 0 unspecified atom stereocenters. The minimum Gasteiger partial charge on any atom is -0.494 e. The summed E-state index contributed by atoms with van der Waals surface area (Å²) in [5.74, 6) is 5.28. The molecule has 0 atom stereocenters. The maximum Gasteiger partial charge on any atom is 0.349 e. The number of nitrogens with zero attached hydrogens (tertiary/aromatic N) is 4. The Morgan fingerprint density at radius 2 is 2.20 bits per heavy atom. The molecule has 0 saturated carbocycles. The van der Waals surface area contributed by atoms with Crippen molar-refractivity contribution in [2.24, 2.45) is 5.84 Å². The molecular formula is C11H12N6O3. The summed E-state index contributed by atoms with van der Waals surface area (Å²) in [5, 5.41) is 0.675. The smallest absolute Gasteiger partial charge is 0.349 e. The highest BCUT2D eigenvalue weighted by molar-refractivity contribution is 5.88. The first-order chi connectivity index (χ1) is 9.52. The van der Waals surface area contributed by atoms with Gasteiger partial charge < -0.3 is 4.74 Å². The number of aromatic nitrogens is 4. The molecule has 0 bridgehead atoms. The van der Waals surface area contributed by atoms with Crippen LogP contribution in [0.25, 0.3) is 11.5 Å². The molecule has 2 aromatic heterocycles. The van der Waals surface area contributed by atoms with E-state index < -0.39 is 11.6 Å². The number of carbonyl (C=O) groups excluding carboxylic acids is 1. The quantitative estimate of drug-likeness (QED) is 0.438. The van der Waals surface area contributed by atoms with Gasteiger partial charge in [-0.2, -0.15) is 9.97 Å². The molecular weight excluding hydrogens is 264 g/mol. The molecule has 2 aromatic rings. The highest BCUT2D eigenvalue weighted by Gasteiger charge is 2.15. The lowest BCUT2D eigenvalue weighted by atomic mass is 10.3. The summed E-state index contributed by atoms with van der Waals surface area (Å²) in [6.45, 7) is 1.23. The van der Waals surface area contributed by atoms with E-state index >= 15 is 0 Å². The van der Waals surface area contributed by atoms with Crippen LogP contribution in [0.15, 0.2) is 23.1 Å². The van der Waals surface area contributed by atoms with E-state index in [1.807, 2.05) is 0 Å². The van der Waals surface area contributed by atoms with Gasteiger partial charge in [-0.3, -0.25) is 9.78 Å². The van der Waals surface area contributed by atoms with Gasteiger partial charge in [0.1, 0.15) is 11.4 Å². The molecule has 0 fully saturated rings. The van der Waals surface area contributed by atoms with Gasteiger partial charge in [-0.05, 0) is 12.1 Å². The number of aromatic amines is 1. The number of hydrogen-bond acceptors (Lipinski definition) is 7. The van der Waals surface area contributed by atoms with Gasteiger partial charge in [0.15, 0.2) is 5.82 Å². The van der Waals surface area contributed by atoms with Crippen LogP contribution >= 0.6 is 0 Å². The van der Waals surface area contributed by atoms with E-state index in [2.05, 4.69) is 19.9 Å². The number of hydrazine groups is 1. The minimum absolute atomic E-state index is 0.106. The first-order valence-electron chi connectivity index (χ1n) is 5.56. The Bertz CT molecular complexity index is 699. The van der Waals surface area contributed by atoms with Crippen LogP contribution in [0, 0.1) is 0 Å². The normalized spacial score (nSPS) is 10.2. The highest BCUT2D eigenvalue weighted by Crippen LogP contribution is 2.23. The van der Waals surface area contributed by atoms with Gasteiger partial charge in [0, 0.05) is 13.1 Å². The molecule has 2 rings (SSSR count).